The summed E-state index contributed by atoms with van der Waals surface area (Å²) < 4.78 is 1.80. The summed E-state index contributed by atoms with van der Waals surface area (Å²) in [7, 11) is 0. The molecule has 0 saturated carbocycles. The molecule has 0 spiro atoms. The maximum absolute atomic E-state index is 13.3. The minimum atomic E-state index is -0.430. The van der Waals surface area contributed by atoms with Gasteiger partial charge in [0.2, 0.25) is 0 Å². The van der Waals surface area contributed by atoms with Crippen molar-refractivity contribution in [2.24, 2.45) is 5.92 Å². The number of hydrogen-bond acceptors (Lipinski definition) is 5. The topological polar surface area (TPSA) is 86.6 Å². The lowest BCUT2D eigenvalue weighted by molar-refractivity contribution is 0.0604. The van der Waals surface area contributed by atoms with E-state index in [1.54, 1.807) is 9.42 Å². The second-order valence-corrected chi connectivity index (χ2v) is 9.47. The summed E-state index contributed by atoms with van der Waals surface area (Å²) in [5.41, 5.74) is 2.30. The van der Waals surface area contributed by atoms with E-state index in [4.69, 9.17) is 21.7 Å². The summed E-state index contributed by atoms with van der Waals surface area (Å²) in [6.45, 7) is 6.94. The Bertz CT molecular complexity index is 1230. The van der Waals surface area contributed by atoms with Crippen molar-refractivity contribution in [2.45, 2.75) is 45.6 Å². The highest BCUT2D eigenvalue weighted by atomic mass is 35.5. The normalized spacial score (nSPS) is 21.5. The molecule has 0 radical (unpaired) electrons. The highest BCUT2D eigenvalue weighted by Gasteiger charge is 2.32. The Morgan fingerprint density at radius 3 is 2.84 bits per heavy atom. The van der Waals surface area contributed by atoms with Crippen molar-refractivity contribution in [1.29, 1.82) is 0 Å². The largest absolute Gasteiger partial charge is 0.356 e. The number of aryl methyl sites for hydroxylation is 1. The first-order valence-corrected chi connectivity index (χ1v) is 11.6. The molecule has 2 saturated heterocycles. The average Bonchev–Trinajstić information content (AvgIpc) is 3.40. The molecule has 5 heterocycles. The van der Waals surface area contributed by atoms with Crippen LogP contribution in [0.5, 0.6) is 0 Å². The Balaban J connectivity index is 1.49. The van der Waals surface area contributed by atoms with Crippen LogP contribution in [0.2, 0.25) is 5.02 Å². The molecule has 168 valence electrons. The van der Waals surface area contributed by atoms with E-state index in [0.717, 1.165) is 55.1 Å². The number of pyridine rings is 1. The predicted molar refractivity (Wildman–Crippen MR) is 123 cm³/mol. The van der Waals surface area contributed by atoms with Gasteiger partial charge in [0.15, 0.2) is 5.65 Å². The van der Waals surface area contributed by atoms with Gasteiger partial charge in [-0.3, -0.25) is 9.59 Å². The molecular weight excluding hydrogens is 428 g/mol. The molecule has 0 aliphatic carbocycles. The number of anilines is 1. The van der Waals surface area contributed by atoms with Gasteiger partial charge in [0, 0.05) is 43.7 Å². The summed E-state index contributed by atoms with van der Waals surface area (Å²) in [5.74, 6) is 1.37. The fourth-order valence-corrected chi connectivity index (χ4v) is 5.05. The van der Waals surface area contributed by atoms with Gasteiger partial charge in [-0.25, -0.2) is 9.50 Å². The Labute approximate surface area is 191 Å². The number of rotatable bonds is 3. The van der Waals surface area contributed by atoms with Gasteiger partial charge in [0.1, 0.15) is 11.4 Å². The van der Waals surface area contributed by atoms with Crippen molar-refractivity contribution in [3.63, 3.8) is 0 Å². The molecule has 1 amide bonds. The number of amides is 1. The number of fused-ring (bicyclic) bond motifs is 1. The summed E-state index contributed by atoms with van der Waals surface area (Å²) in [4.78, 5) is 37.1. The SMILES string of the molecule is Cc1cn2nc([C@@H]3CCCCN3C(=O)c3cc(Cl)c[nH]c3=O)cc2nc1N1CC[C@H](C)C1. The number of nitrogens with one attached hydrogen (secondary N) is 1. The molecule has 2 fully saturated rings. The van der Waals surface area contributed by atoms with E-state index < -0.39 is 5.56 Å². The number of aromatic amines is 1. The van der Waals surface area contributed by atoms with E-state index in [2.05, 4.69) is 23.7 Å². The third kappa shape index (κ3) is 3.77. The summed E-state index contributed by atoms with van der Waals surface area (Å²) in [5, 5.41) is 5.11. The number of piperidine rings is 1. The molecule has 2 aliphatic rings. The second-order valence-electron chi connectivity index (χ2n) is 9.03. The van der Waals surface area contributed by atoms with Crippen molar-refractivity contribution >= 4 is 29.0 Å². The predicted octanol–water partition coefficient (Wildman–Crippen LogP) is 3.59. The van der Waals surface area contributed by atoms with Crippen LogP contribution in [0, 0.1) is 12.8 Å². The fraction of sp³-hybridized carbons (Fsp3) is 0.478. The lowest BCUT2D eigenvalue weighted by Crippen LogP contribution is -2.40. The van der Waals surface area contributed by atoms with E-state index in [-0.39, 0.29) is 17.5 Å². The Morgan fingerprint density at radius 1 is 1.22 bits per heavy atom. The molecule has 2 atom stereocenters. The summed E-state index contributed by atoms with van der Waals surface area (Å²) >= 11 is 6.03. The number of likely N-dealkylation sites (tertiary alicyclic amines) is 1. The molecule has 0 unspecified atom stereocenters. The molecule has 0 bridgehead atoms. The number of H-pyrrole nitrogens is 1. The zero-order valence-electron chi connectivity index (χ0n) is 18.3. The van der Waals surface area contributed by atoms with E-state index in [0.29, 0.717) is 17.5 Å². The molecule has 8 nitrogen and oxygen atoms in total. The van der Waals surface area contributed by atoms with Gasteiger partial charge in [-0.1, -0.05) is 18.5 Å². The monoisotopic (exact) mass is 454 g/mol. The summed E-state index contributed by atoms with van der Waals surface area (Å²) in [6, 6.07) is 3.21. The number of carbonyl (C=O) groups excluding carboxylic acids is 1. The molecule has 3 aromatic heterocycles. The van der Waals surface area contributed by atoms with Gasteiger partial charge < -0.3 is 14.8 Å². The minimum Gasteiger partial charge on any atom is -0.356 e. The number of carbonyl (C=O) groups is 1. The molecule has 3 aromatic rings. The minimum absolute atomic E-state index is 0.0626. The first-order valence-electron chi connectivity index (χ1n) is 11.2. The first kappa shape index (κ1) is 21.0. The molecule has 2 aliphatic heterocycles. The third-order valence-electron chi connectivity index (χ3n) is 6.55. The van der Waals surface area contributed by atoms with Crippen LogP contribution >= 0.6 is 11.6 Å². The van der Waals surface area contributed by atoms with E-state index >= 15 is 0 Å². The van der Waals surface area contributed by atoms with Crippen molar-refractivity contribution in [3.8, 4) is 0 Å². The van der Waals surface area contributed by atoms with Crippen LogP contribution in [-0.4, -0.2) is 50.0 Å². The molecule has 1 N–H and O–H groups in total. The second kappa shape index (κ2) is 8.24. The zero-order chi connectivity index (χ0) is 22.4. The van der Waals surface area contributed by atoms with E-state index in [9.17, 15) is 9.59 Å². The molecule has 0 aromatic carbocycles. The Kier molecular flexibility index (Phi) is 5.41. The first-order chi connectivity index (χ1) is 15.4. The van der Waals surface area contributed by atoms with Crippen molar-refractivity contribution in [1.82, 2.24) is 24.5 Å². The van der Waals surface area contributed by atoms with Gasteiger partial charge in [0.05, 0.1) is 16.8 Å². The van der Waals surface area contributed by atoms with Gasteiger partial charge >= 0.3 is 0 Å². The van der Waals surface area contributed by atoms with Crippen LogP contribution in [-0.2, 0) is 0 Å². The van der Waals surface area contributed by atoms with Gasteiger partial charge in [-0.05, 0) is 44.6 Å². The van der Waals surface area contributed by atoms with Gasteiger partial charge in [-0.15, -0.1) is 0 Å². The van der Waals surface area contributed by atoms with Crippen molar-refractivity contribution < 1.29 is 4.79 Å². The number of nitrogens with zero attached hydrogens (tertiary/aromatic N) is 5. The standard InChI is InChI=1S/C23H27ClN6O2/c1-14-6-8-28(12-14)21-15(2)13-30-20(26-21)10-18(27-30)19-5-3-4-7-29(19)23(32)17-9-16(24)11-25-22(17)31/h9-11,13-14,19H,3-8,12H2,1-2H3,(H,25,31)/t14-,19-/m0/s1. The van der Waals surface area contributed by atoms with E-state index in [1.165, 1.54) is 18.7 Å². The Morgan fingerprint density at radius 2 is 2.06 bits per heavy atom. The maximum atomic E-state index is 13.3. The smallest absolute Gasteiger partial charge is 0.260 e. The lowest BCUT2D eigenvalue weighted by atomic mass is 9.98. The van der Waals surface area contributed by atoms with Gasteiger partial charge in [0.25, 0.3) is 11.5 Å². The molecule has 32 heavy (non-hydrogen) atoms. The van der Waals surface area contributed by atoms with Crippen LogP contribution in [0.1, 0.15) is 60.3 Å². The quantitative estimate of drug-likeness (QED) is 0.653. The third-order valence-corrected chi connectivity index (χ3v) is 6.77. The highest BCUT2D eigenvalue weighted by Crippen LogP contribution is 2.32. The van der Waals surface area contributed by atoms with Crippen LogP contribution in [0.25, 0.3) is 5.65 Å². The Hall–Kier alpha value is -2.87. The van der Waals surface area contributed by atoms with Crippen molar-refractivity contribution in [3.05, 3.63) is 56.7 Å². The van der Waals surface area contributed by atoms with Gasteiger partial charge in [-0.2, -0.15) is 5.10 Å². The molecule has 5 rings (SSSR count). The number of halogens is 1. The van der Waals surface area contributed by atoms with Crippen LogP contribution in [0.4, 0.5) is 5.82 Å². The van der Waals surface area contributed by atoms with Crippen LogP contribution in [0.15, 0.2) is 29.3 Å². The number of hydrogen-bond donors (Lipinski definition) is 1. The lowest BCUT2D eigenvalue weighted by Gasteiger charge is -2.34. The average molecular weight is 455 g/mol. The zero-order valence-corrected chi connectivity index (χ0v) is 19.1. The highest BCUT2D eigenvalue weighted by molar-refractivity contribution is 6.30. The van der Waals surface area contributed by atoms with Crippen molar-refractivity contribution in [2.75, 3.05) is 24.5 Å². The van der Waals surface area contributed by atoms with Crippen LogP contribution < -0.4 is 10.5 Å². The van der Waals surface area contributed by atoms with E-state index in [1.807, 2.05) is 12.3 Å². The molecular formula is C23H27ClN6O2. The fourth-order valence-electron chi connectivity index (χ4n) is 4.88. The maximum Gasteiger partial charge on any atom is 0.260 e. The summed E-state index contributed by atoms with van der Waals surface area (Å²) in [6.07, 6.45) is 7.27. The number of aromatic nitrogens is 4. The molecule has 9 heteroatoms. The van der Waals surface area contributed by atoms with Crippen LogP contribution in [0.3, 0.4) is 0 Å².